The van der Waals surface area contributed by atoms with Gasteiger partial charge < -0.3 is 20.1 Å². The molecule has 2 N–H and O–H groups in total. The Morgan fingerprint density at radius 3 is 2.24 bits per heavy atom. The maximum Gasteiger partial charge on any atom is 0.176 e. The Labute approximate surface area is 217 Å². The number of ether oxygens (including phenoxy) is 2. The van der Waals surface area contributed by atoms with E-state index in [2.05, 4.69) is 18.7 Å². The molecule has 1 aliphatic rings. The average molecular weight is 512 g/mol. The molecule has 0 saturated carbocycles. The molecule has 0 amide bonds. The number of nitrogens with zero attached hydrogens (tertiary/aromatic N) is 1. The predicted octanol–water partition coefficient (Wildman–Crippen LogP) is 6.32. The van der Waals surface area contributed by atoms with Crippen LogP contribution < -0.4 is 15.2 Å². The Morgan fingerprint density at radius 1 is 1.00 bits per heavy atom. The quantitative estimate of drug-likeness (QED) is 0.194. The first-order chi connectivity index (χ1) is 15.5. The van der Waals surface area contributed by atoms with Crippen LogP contribution in [0.2, 0.25) is 0 Å². The molecular formula is C27H40Cl2N2O3. The molecule has 5 nitrogen and oxygen atoms in total. The van der Waals surface area contributed by atoms with Crippen molar-refractivity contribution < 1.29 is 14.3 Å². The summed E-state index contributed by atoms with van der Waals surface area (Å²) < 4.78 is 11.7. The van der Waals surface area contributed by atoms with Crippen LogP contribution in [-0.2, 0) is 5.41 Å². The van der Waals surface area contributed by atoms with E-state index >= 15 is 0 Å². The summed E-state index contributed by atoms with van der Waals surface area (Å²) in [4.78, 5) is 15.8. The van der Waals surface area contributed by atoms with E-state index in [0.29, 0.717) is 24.5 Å². The van der Waals surface area contributed by atoms with Gasteiger partial charge >= 0.3 is 0 Å². The number of anilines is 1. The Bertz CT molecular complexity index is 884. The second kappa shape index (κ2) is 14.4. The molecule has 2 aromatic carbocycles. The fourth-order valence-corrected chi connectivity index (χ4v) is 4.19. The summed E-state index contributed by atoms with van der Waals surface area (Å²) in [6.45, 7) is 10.8. The highest BCUT2D eigenvalue weighted by Crippen LogP contribution is 2.41. The molecule has 1 atom stereocenters. The van der Waals surface area contributed by atoms with Gasteiger partial charge in [0.25, 0.3) is 0 Å². The van der Waals surface area contributed by atoms with Crippen LogP contribution in [0, 0.1) is 0 Å². The van der Waals surface area contributed by atoms with Crippen LogP contribution in [0.4, 0.5) is 5.69 Å². The number of hydrogen-bond acceptors (Lipinski definition) is 5. The molecule has 1 unspecified atom stereocenters. The molecule has 0 radical (unpaired) electrons. The van der Waals surface area contributed by atoms with Gasteiger partial charge in [-0.25, -0.2) is 0 Å². The first-order valence-corrected chi connectivity index (χ1v) is 12.0. The van der Waals surface area contributed by atoms with Crippen molar-refractivity contribution in [3.05, 3.63) is 53.6 Å². The Kier molecular flexibility index (Phi) is 12.8. The van der Waals surface area contributed by atoms with E-state index < -0.39 is 5.41 Å². The maximum absolute atomic E-state index is 13.3. The lowest BCUT2D eigenvalue weighted by Crippen LogP contribution is -2.34. The number of nitrogen functional groups attached to an aromatic ring is 1. The zero-order valence-corrected chi connectivity index (χ0v) is 22.3. The molecule has 0 bridgehead atoms. The normalized spacial score (nSPS) is 16.2. The van der Waals surface area contributed by atoms with Crippen molar-refractivity contribution in [1.82, 2.24) is 4.90 Å². The van der Waals surface area contributed by atoms with Crippen molar-refractivity contribution in [2.24, 2.45) is 0 Å². The van der Waals surface area contributed by atoms with Gasteiger partial charge in [0.05, 0.1) is 12.0 Å². The smallest absolute Gasteiger partial charge is 0.176 e. The monoisotopic (exact) mass is 510 g/mol. The second-order valence-corrected chi connectivity index (χ2v) is 8.98. The molecule has 0 fully saturated rings. The largest absolute Gasteiger partial charge is 0.494 e. The number of halogens is 2. The number of carbonyl (C=O) groups is 1. The molecule has 0 spiro atoms. The van der Waals surface area contributed by atoms with Gasteiger partial charge in [-0.3, -0.25) is 4.79 Å². The average Bonchev–Trinajstić information content (AvgIpc) is 3.14. The van der Waals surface area contributed by atoms with Crippen LogP contribution >= 0.6 is 24.8 Å². The number of unbranched alkanes of at least 4 members (excludes halogenated alkanes) is 2. The van der Waals surface area contributed by atoms with E-state index in [4.69, 9.17) is 15.2 Å². The summed E-state index contributed by atoms with van der Waals surface area (Å²) in [6, 6.07) is 13.0. The van der Waals surface area contributed by atoms with Gasteiger partial charge in [-0.05, 0) is 81.7 Å². The first-order valence-electron chi connectivity index (χ1n) is 12.0. The SMILES string of the molecule is CCCCN(CCCC)CCCOc1ccc(C(=O)C2(C)COc3ccc(N)cc32)cc1.Cl.Cl. The fraction of sp³-hybridized carbons (Fsp3) is 0.519. The van der Waals surface area contributed by atoms with E-state index in [1.807, 2.05) is 43.3 Å². The summed E-state index contributed by atoms with van der Waals surface area (Å²) in [7, 11) is 0. The van der Waals surface area contributed by atoms with Gasteiger partial charge in [0, 0.05) is 23.4 Å². The lowest BCUT2D eigenvalue weighted by atomic mass is 9.78. The van der Waals surface area contributed by atoms with E-state index in [1.165, 1.54) is 38.8 Å². The highest BCUT2D eigenvalue weighted by Gasteiger charge is 2.43. The van der Waals surface area contributed by atoms with Crippen LogP contribution in [0.1, 0.15) is 68.8 Å². The number of rotatable bonds is 13. The molecular weight excluding hydrogens is 471 g/mol. The Balaban J connectivity index is 0.00000289. The summed E-state index contributed by atoms with van der Waals surface area (Å²) in [6.07, 6.45) is 5.96. The van der Waals surface area contributed by atoms with E-state index in [-0.39, 0.29) is 30.6 Å². The van der Waals surface area contributed by atoms with Gasteiger partial charge in [0.1, 0.15) is 18.1 Å². The molecule has 0 aromatic heterocycles. The number of carbonyl (C=O) groups excluding carboxylic acids is 1. The van der Waals surface area contributed by atoms with Crippen molar-refractivity contribution in [2.75, 3.05) is 38.6 Å². The predicted molar refractivity (Wildman–Crippen MR) is 145 cm³/mol. The summed E-state index contributed by atoms with van der Waals surface area (Å²) in [5, 5.41) is 0. The number of hydrogen-bond donors (Lipinski definition) is 1. The fourth-order valence-electron chi connectivity index (χ4n) is 4.19. The van der Waals surface area contributed by atoms with Crippen LogP contribution in [0.25, 0.3) is 0 Å². The molecule has 2 aromatic rings. The molecule has 7 heteroatoms. The summed E-state index contributed by atoms with van der Waals surface area (Å²) >= 11 is 0. The van der Waals surface area contributed by atoms with Gasteiger partial charge in [-0.2, -0.15) is 0 Å². The highest BCUT2D eigenvalue weighted by atomic mass is 35.5. The first kappa shape index (κ1) is 30.1. The van der Waals surface area contributed by atoms with Crippen LogP contribution in [0.15, 0.2) is 42.5 Å². The van der Waals surface area contributed by atoms with Gasteiger partial charge in [0.15, 0.2) is 5.78 Å². The van der Waals surface area contributed by atoms with Crippen LogP contribution in [-0.4, -0.2) is 43.5 Å². The molecule has 0 aliphatic carbocycles. The lowest BCUT2D eigenvalue weighted by molar-refractivity contribution is 0.0873. The van der Waals surface area contributed by atoms with E-state index in [1.54, 1.807) is 6.07 Å². The topological polar surface area (TPSA) is 64.8 Å². The van der Waals surface area contributed by atoms with E-state index in [0.717, 1.165) is 30.0 Å². The second-order valence-electron chi connectivity index (χ2n) is 8.98. The third-order valence-electron chi connectivity index (χ3n) is 6.28. The number of nitrogens with two attached hydrogens (primary N) is 1. The maximum atomic E-state index is 13.3. The summed E-state index contributed by atoms with van der Waals surface area (Å²) in [5.74, 6) is 1.57. The summed E-state index contributed by atoms with van der Waals surface area (Å²) in [5.41, 5.74) is 7.38. The van der Waals surface area contributed by atoms with Crippen molar-refractivity contribution in [3.8, 4) is 11.5 Å². The van der Waals surface area contributed by atoms with E-state index in [9.17, 15) is 4.79 Å². The van der Waals surface area contributed by atoms with Crippen molar-refractivity contribution in [1.29, 1.82) is 0 Å². The minimum absolute atomic E-state index is 0. The molecule has 0 saturated heterocycles. The molecule has 34 heavy (non-hydrogen) atoms. The van der Waals surface area contributed by atoms with Gasteiger partial charge in [0.2, 0.25) is 0 Å². The van der Waals surface area contributed by atoms with Crippen molar-refractivity contribution in [3.63, 3.8) is 0 Å². The molecule has 1 aliphatic heterocycles. The van der Waals surface area contributed by atoms with Crippen molar-refractivity contribution in [2.45, 2.75) is 58.3 Å². The van der Waals surface area contributed by atoms with Gasteiger partial charge in [-0.1, -0.05) is 26.7 Å². The highest BCUT2D eigenvalue weighted by molar-refractivity contribution is 6.05. The number of fused-ring (bicyclic) bond motifs is 1. The lowest BCUT2D eigenvalue weighted by Gasteiger charge is -2.22. The molecule has 3 rings (SSSR count). The standard InChI is InChI=1S/C27H38N2O3.2ClH/c1-4-6-15-29(16-7-5-2)17-8-18-31-23-12-9-21(10-13-23)26(30)27(3)20-32-25-14-11-22(28)19-24(25)27;;/h9-14,19H,4-8,15-18,20,28H2,1-3H3;2*1H. The zero-order valence-electron chi connectivity index (χ0n) is 20.7. The minimum Gasteiger partial charge on any atom is -0.494 e. The van der Waals surface area contributed by atoms with Crippen molar-refractivity contribution >= 4 is 36.3 Å². The zero-order chi connectivity index (χ0) is 23.0. The number of benzene rings is 2. The third kappa shape index (κ3) is 7.53. The molecule has 190 valence electrons. The minimum atomic E-state index is -0.729. The third-order valence-corrected chi connectivity index (χ3v) is 6.28. The Morgan fingerprint density at radius 2 is 1.62 bits per heavy atom. The van der Waals surface area contributed by atoms with Gasteiger partial charge in [-0.15, -0.1) is 24.8 Å². The van der Waals surface area contributed by atoms with Crippen LogP contribution in [0.3, 0.4) is 0 Å². The number of ketones is 1. The Hall–Kier alpha value is -1.95. The van der Waals surface area contributed by atoms with Crippen LogP contribution in [0.5, 0.6) is 11.5 Å². The number of Topliss-reactive ketones (excluding diaryl/α,β-unsaturated/α-hetero) is 1. The molecule has 1 heterocycles.